The molecule has 0 heterocycles. The van der Waals surface area contributed by atoms with Gasteiger partial charge in [-0.1, -0.05) is 50.5 Å². The summed E-state index contributed by atoms with van der Waals surface area (Å²) in [5.74, 6) is 0. The van der Waals surface area contributed by atoms with Gasteiger partial charge in [-0.15, -0.1) is 0 Å². The monoisotopic (exact) mass is 212 g/mol. The molecule has 0 N–H and O–H groups in total. The predicted molar refractivity (Wildman–Crippen MR) is 59.4 cm³/mol. The van der Waals surface area contributed by atoms with Crippen LogP contribution in [0.3, 0.4) is 0 Å². The van der Waals surface area contributed by atoms with E-state index in [-0.39, 0.29) is 6.55 Å². The second-order valence-corrected chi connectivity index (χ2v) is 9.78. The molecular formula is C7H17OPS2. The average molecular weight is 212 g/mol. The highest BCUT2D eigenvalue weighted by Gasteiger charge is 2.12. The first-order valence-electron chi connectivity index (χ1n) is 3.74. The Labute approximate surface area is 79.4 Å². The van der Waals surface area contributed by atoms with Crippen molar-refractivity contribution in [3.05, 3.63) is 0 Å². The standard InChI is InChI=1S/C7H17OPS2/c1-6(2)10-9(8-5)11-7(3)4/h6-7H,1-5H3. The van der Waals surface area contributed by atoms with E-state index < -0.39 is 0 Å². The molecule has 0 aliphatic heterocycles. The Morgan fingerprint density at radius 2 is 1.36 bits per heavy atom. The van der Waals surface area contributed by atoms with E-state index in [1.807, 2.05) is 22.8 Å². The van der Waals surface area contributed by atoms with Crippen molar-refractivity contribution in [2.24, 2.45) is 0 Å². The SMILES string of the molecule is COP(SC(C)C)SC(C)C. The summed E-state index contributed by atoms with van der Waals surface area (Å²) < 4.78 is 5.36. The molecular weight excluding hydrogens is 195 g/mol. The van der Waals surface area contributed by atoms with E-state index in [0.29, 0.717) is 10.5 Å². The quantitative estimate of drug-likeness (QED) is 0.634. The van der Waals surface area contributed by atoms with Gasteiger partial charge in [0.05, 0.1) is 0 Å². The van der Waals surface area contributed by atoms with Gasteiger partial charge in [0.25, 0.3) is 0 Å². The maximum atomic E-state index is 5.36. The highest BCUT2D eigenvalue weighted by Crippen LogP contribution is 2.63. The lowest BCUT2D eigenvalue weighted by Crippen LogP contribution is -1.87. The Bertz CT molecular complexity index is 88.4. The van der Waals surface area contributed by atoms with Gasteiger partial charge in [0.2, 0.25) is 0 Å². The third kappa shape index (κ3) is 7.45. The van der Waals surface area contributed by atoms with E-state index in [1.165, 1.54) is 0 Å². The highest BCUT2D eigenvalue weighted by molar-refractivity contribution is 8.87. The Balaban J connectivity index is 3.58. The molecule has 0 saturated carbocycles. The molecule has 0 saturated heterocycles. The summed E-state index contributed by atoms with van der Waals surface area (Å²) in [6.45, 7) is 8.53. The molecule has 0 bridgehead atoms. The molecule has 0 atom stereocenters. The first kappa shape index (κ1) is 12.1. The lowest BCUT2D eigenvalue weighted by Gasteiger charge is -2.17. The average Bonchev–Trinajstić information content (AvgIpc) is 1.84. The topological polar surface area (TPSA) is 9.23 Å². The molecule has 0 aromatic carbocycles. The summed E-state index contributed by atoms with van der Waals surface area (Å²) >= 11 is 3.87. The Hall–Kier alpha value is 1.09. The van der Waals surface area contributed by atoms with Gasteiger partial charge >= 0.3 is 0 Å². The molecule has 11 heavy (non-hydrogen) atoms. The molecule has 0 unspecified atom stereocenters. The van der Waals surface area contributed by atoms with E-state index in [2.05, 4.69) is 27.7 Å². The molecule has 0 rings (SSSR count). The van der Waals surface area contributed by atoms with Crippen LogP contribution < -0.4 is 0 Å². The van der Waals surface area contributed by atoms with Crippen LogP contribution in [-0.4, -0.2) is 17.6 Å². The Morgan fingerprint density at radius 1 is 1.00 bits per heavy atom. The van der Waals surface area contributed by atoms with Crippen LogP contribution in [0.4, 0.5) is 0 Å². The third-order valence-corrected chi connectivity index (χ3v) is 8.23. The minimum Gasteiger partial charge on any atom is -0.342 e. The molecule has 0 radical (unpaired) electrons. The largest absolute Gasteiger partial charge is 0.342 e. The van der Waals surface area contributed by atoms with E-state index in [4.69, 9.17) is 4.52 Å². The van der Waals surface area contributed by atoms with Gasteiger partial charge in [-0.05, 0) is 0 Å². The summed E-state index contributed by atoms with van der Waals surface area (Å²) in [4.78, 5) is 0. The van der Waals surface area contributed by atoms with Gasteiger partial charge in [-0.2, -0.15) is 0 Å². The zero-order valence-electron chi connectivity index (χ0n) is 7.83. The molecule has 4 heteroatoms. The molecule has 0 aliphatic carbocycles. The first-order valence-corrected chi connectivity index (χ1v) is 7.97. The van der Waals surface area contributed by atoms with Crippen LogP contribution in [0.15, 0.2) is 0 Å². The van der Waals surface area contributed by atoms with Crippen LogP contribution >= 0.6 is 29.3 Å². The number of hydrogen-bond donors (Lipinski definition) is 0. The van der Waals surface area contributed by atoms with Gasteiger partial charge < -0.3 is 4.52 Å². The van der Waals surface area contributed by atoms with Crippen molar-refractivity contribution in [3.8, 4) is 0 Å². The van der Waals surface area contributed by atoms with Gasteiger partial charge in [0.1, 0.15) is 0 Å². The van der Waals surface area contributed by atoms with Crippen molar-refractivity contribution in [3.63, 3.8) is 0 Å². The molecule has 68 valence electrons. The maximum absolute atomic E-state index is 5.36. The third-order valence-electron chi connectivity index (χ3n) is 0.743. The summed E-state index contributed by atoms with van der Waals surface area (Å²) in [5, 5.41) is 1.35. The first-order chi connectivity index (χ1) is 5.06. The van der Waals surface area contributed by atoms with Gasteiger partial charge in [0.15, 0.2) is 6.55 Å². The zero-order valence-corrected chi connectivity index (χ0v) is 10.4. The number of hydrogen-bond acceptors (Lipinski definition) is 3. The lowest BCUT2D eigenvalue weighted by molar-refractivity contribution is 0.482. The van der Waals surface area contributed by atoms with Crippen LogP contribution in [0, 0.1) is 0 Å². The molecule has 0 spiro atoms. The van der Waals surface area contributed by atoms with E-state index >= 15 is 0 Å². The predicted octanol–water partition coefficient (Wildman–Crippen LogP) is 4.14. The fraction of sp³-hybridized carbons (Fsp3) is 1.00. The molecule has 0 aliphatic rings. The maximum Gasteiger partial charge on any atom is 0.152 e. The van der Waals surface area contributed by atoms with Crippen LogP contribution in [0.25, 0.3) is 0 Å². The van der Waals surface area contributed by atoms with E-state index in [9.17, 15) is 0 Å². The molecule has 0 aromatic heterocycles. The van der Waals surface area contributed by atoms with Crippen LogP contribution in [0.2, 0.25) is 0 Å². The molecule has 0 fully saturated rings. The fourth-order valence-electron chi connectivity index (χ4n) is 0.455. The summed E-state index contributed by atoms with van der Waals surface area (Å²) in [6.07, 6.45) is 0. The van der Waals surface area contributed by atoms with Crippen LogP contribution in [-0.2, 0) is 4.52 Å². The van der Waals surface area contributed by atoms with Crippen molar-refractivity contribution in [1.29, 1.82) is 0 Å². The van der Waals surface area contributed by atoms with Crippen molar-refractivity contribution in [1.82, 2.24) is 0 Å². The zero-order chi connectivity index (χ0) is 8.85. The second kappa shape index (κ2) is 6.59. The summed E-state index contributed by atoms with van der Waals surface area (Å²) in [7, 11) is 1.80. The van der Waals surface area contributed by atoms with Crippen molar-refractivity contribution >= 4 is 29.3 Å². The molecule has 1 nitrogen and oxygen atoms in total. The van der Waals surface area contributed by atoms with Crippen LogP contribution in [0.1, 0.15) is 27.7 Å². The molecule has 0 amide bonds. The van der Waals surface area contributed by atoms with Crippen molar-refractivity contribution < 1.29 is 4.52 Å². The highest BCUT2D eigenvalue weighted by atomic mass is 33.1. The molecule has 0 aromatic rings. The summed E-state index contributed by atoms with van der Waals surface area (Å²) in [6, 6.07) is 0. The normalized spacial score (nSPS) is 12.0. The number of rotatable bonds is 5. The summed E-state index contributed by atoms with van der Waals surface area (Å²) in [5.41, 5.74) is 0. The van der Waals surface area contributed by atoms with Gasteiger partial charge in [-0.3, -0.25) is 0 Å². The Kier molecular flexibility index (Phi) is 7.24. The minimum absolute atomic E-state index is 0.304. The Morgan fingerprint density at radius 3 is 1.55 bits per heavy atom. The van der Waals surface area contributed by atoms with E-state index in [1.54, 1.807) is 7.11 Å². The lowest BCUT2D eigenvalue weighted by atomic mass is 10.6. The fourth-order valence-corrected chi connectivity index (χ4v) is 7.64. The van der Waals surface area contributed by atoms with E-state index in [0.717, 1.165) is 0 Å². The van der Waals surface area contributed by atoms with Crippen molar-refractivity contribution in [2.75, 3.05) is 7.11 Å². The smallest absolute Gasteiger partial charge is 0.152 e. The van der Waals surface area contributed by atoms with Gasteiger partial charge in [0, 0.05) is 17.6 Å². The van der Waals surface area contributed by atoms with Crippen molar-refractivity contribution in [2.45, 2.75) is 38.2 Å². The minimum atomic E-state index is -0.304. The van der Waals surface area contributed by atoms with Crippen LogP contribution in [0.5, 0.6) is 0 Å². The second-order valence-electron chi connectivity index (χ2n) is 2.71. The van der Waals surface area contributed by atoms with Gasteiger partial charge in [-0.25, -0.2) is 0 Å².